The molecule has 1 atom stereocenters. The molecule has 10 heteroatoms. The van der Waals surface area contributed by atoms with E-state index in [-0.39, 0.29) is 23.0 Å². The molecule has 0 aliphatic heterocycles. The van der Waals surface area contributed by atoms with Gasteiger partial charge in [0.15, 0.2) is 11.5 Å². The van der Waals surface area contributed by atoms with E-state index in [1.807, 2.05) is 45.0 Å². The molecule has 0 bridgehead atoms. The van der Waals surface area contributed by atoms with Crippen molar-refractivity contribution >= 4 is 27.5 Å². The first-order chi connectivity index (χ1) is 19.0. The Labute approximate surface area is 236 Å². The molecule has 1 N–H and O–H groups in total. The minimum atomic E-state index is -4.19. The summed E-state index contributed by atoms with van der Waals surface area (Å²) in [4.78, 5) is 28.3. The van der Waals surface area contributed by atoms with Gasteiger partial charge in [0.2, 0.25) is 11.8 Å². The molecule has 0 heterocycles. The van der Waals surface area contributed by atoms with Crippen LogP contribution in [0.1, 0.15) is 30.0 Å². The number of ether oxygens (including phenoxy) is 2. The first-order valence-electron chi connectivity index (χ1n) is 12.9. The average Bonchev–Trinajstić information content (AvgIpc) is 2.95. The van der Waals surface area contributed by atoms with Gasteiger partial charge in [0, 0.05) is 19.7 Å². The average molecular weight is 568 g/mol. The van der Waals surface area contributed by atoms with Gasteiger partial charge in [0.1, 0.15) is 12.6 Å². The van der Waals surface area contributed by atoms with Crippen LogP contribution >= 0.6 is 0 Å². The molecule has 40 heavy (non-hydrogen) atoms. The minimum absolute atomic E-state index is 0.0317. The zero-order valence-electron chi connectivity index (χ0n) is 23.8. The quantitative estimate of drug-likeness (QED) is 0.354. The van der Waals surface area contributed by atoms with E-state index >= 15 is 0 Å². The molecule has 0 spiro atoms. The molecule has 3 aromatic carbocycles. The lowest BCUT2D eigenvalue weighted by atomic mass is 10.1. The zero-order chi connectivity index (χ0) is 29.4. The van der Waals surface area contributed by atoms with Crippen molar-refractivity contribution < 1.29 is 27.5 Å². The topological polar surface area (TPSA) is 105 Å². The number of rotatable bonds is 12. The summed E-state index contributed by atoms with van der Waals surface area (Å²) in [6.07, 6.45) is 0.346. The van der Waals surface area contributed by atoms with Crippen LogP contribution in [0.4, 0.5) is 5.69 Å². The summed E-state index contributed by atoms with van der Waals surface area (Å²) in [5, 5.41) is 2.63. The number of amides is 2. The molecule has 0 fully saturated rings. The number of nitrogens with zero attached hydrogens (tertiary/aromatic N) is 2. The number of methoxy groups -OCH3 is 2. The van der Waals surface area contributed by atoms with Gasteiger partial charge in [-0.25, -0.2) is 8.42 Å². The second kappa shape index (κ2) is 13.3. The molecule has 9 nitrogen and oxygen atoms in total. The van der Waals surface area contributed by atoms with E-state index in [1.54, 1.807) is 24.3 Å². The van der Waals surface area contributed by atoms with Crippen LogP contribution in [-0.2, 0) is 26.2 Å². The van der Waals surface area contributed by atoms with Crippen molar-refractivity contribution in [3.05, 3.63) is 83.4 Å². The first kappa shape index (κ1) is 30.5. The van der Waals surface area contributed by atoms with Gasteiger partial charge in [-0.3, -0.25) is 13.9 Å². The molecule has 0 saturated carbocycles. The Kier molecular flexibility index (Phi) is 10.2. The van der Waals surface area contributed by atoms with Crippen LogP contribution in [0.3, 0.4) is 0 Å². The molecule has 2 amide bonds. The Morgan fingerprint density at radius 3 is 2.15 bits per heavy atom. The number of likely N-dealkylation sites (N-methyl/N-ethyl adjacent to an activating group) is 1. The largest absolute Gasteiger partial charge is 0.493 e. The van der Waals surface area contributed by atoms with E-state index in [2.05, 4.69) is 5.32 Å². The van der Waals surface area contributed by atoms with Crippen molar-refractivity contribution in [2.24, 2.45) is 0 Å². The molecule has 0 unspecified atom stereocenters. The van der Waals surface area contributed by atoms with Gasteiger partial charge in [-0.1, -0.05) is 54.4 Å². The van der Waals surface area contributed by atoms with Crippen LogP contribution in [-0.4, -0.2) is 59.0 Å². The summed E-state index contributed by atoms with van der Waals surface area (Å²) in [6.45, 7) is 5.21. The summed E-state index contributed by atoms with van der Waals surface area (Å²) in [5.41, 5.74) is 2.95. The van der Waals surface area contributed by atoms with Gasteiger partial charge in [-0.05, 0) is 50.1 Å². The summed E-state index contributed by atoms with van der Waals surface area (Å²) >= 11 is 0. The number of benzene rings is 3. The molecule has 0 aliphatic rings. The SMILES string of the molecule is CC[C@@H](C(=O)NC)N(Cc1cccc(C)c1)C(=O)CN(c1ccc(OC)c(OC)c1)S(=O)(=O)c1ccc(C)cc1. The molecular weight excluding hydrogens is 530 g/mol. The van der Waals surface area contributed by atoms with Gasteiger partial charge in [-0.15, -0.1) is 0 Å². The maximum atomic E-state index is 14.0. The van der Waals surface area contributed by atoms with Crippen LogP contribution in [0.5, 0.6) is 11.5 Å². The van der Waals surface area contributed by atoms with Gasteiger partial charge >= 0.3 is 0 Å². The third-order valence-electron chi connectivity index (χ3n) is 6.61. The van der Waals surface area contributed by atoms with Crippen molar-refractivity contribution in [2.45, 2.75) is 44.7 Å². The standard InChI is InChI=1S/C30H37N3O6S/c1-7-26(30(35)31-4)32(19-23-10-8-9-22(3)17-23)29(34)20-33(24-13-16-27(38-5)28(18-24)39-6)40(36,37)25-14-11-21(2)12-15-25/h8-18,26H,7,19-20H2,1-6H3,(H,31,35)/t26-/m0/s1. The number of hydrogen-bond donors (Lipinski definition) is 1. The summed E-state index contributed by atoms with van der Waals surface area (Å²) in [7, 11) is 0.249. The van der Waals surface area contributed by atoms with Gasteiger partial charge in [0.25, 0.3) is 10.0 Å². The lowest BCUT2D eigenvalue weighted by molar-refractivity contribution is -0.140. The third kappa shape index (κ3) is 6.93. The molecule has 3 aromatic rings. The zero-order valence-corrected chi connectivity index (χ0v) is 24.6. The predicted octanol–water partition coefficient (Wildman–Crippen LogP) is 4.07. The highest BCUT2D eigenvalue weighted by Gasteiger charge is 2.33. The van der Waals surface area contributed by atoms with Crippen LogP contribution in [0.2, 0.25) is 0 Å². The van der Waals surface area contributed by atoms with E-state index in [4.69, 9.17) is 9.47 Å². The van der Waals surface area contributed by atoms with Crippen LogP contribution in [0.25, 0.3) is 0 Å². The number of sulfonamides is 1. The second-order valence-corrected chi connectivity index (χ2v) is 11.3. The first-order valence-corrected chi connectivity index (χ1v) is 14.4. The Morgan fingerprint density at radius 2 is 1.57 bits per heavy atom. The molecule has 214 valence electrons. The second-order valence-electron chi connectivity index (χ2n) is 9.41. The summed E-state index contributed by atoms with van der Waals surface area (Å²) in [5.74, 6) is -0.132. The fraction of sp³-hybridized carbons (Fsp3) is 0.333. The number of aryl methyl sites for hydroxylation is 2. The van der Waals surface area contributed by atoms with E-state index < -0.39 is 28.5 Å². The molecule has 0 radical (unpaired) electrons. The van der Waals surface area contributed by atoms with Crippen molar-refractivity contribution in [1.82, 2.24) is 10.2 Å². The minimum Gasteiger partial charge on any atom is -0.493 e. The lowest BCUT2D eigenvalue weighted by Crippen LogP contribution is -2.51. The Balaban J connectivity index is 2.12. The number of anilines is 1. The van der Waals surface area contributed by atoms with Crippen LogP contribution in [0, 0.1) is 13.8 Å². The monoisotopic (exact) mass is 567 g/mol. The highest BCUT2D eigenvalue weighted by Crippen LogP contribution is 2.34. The number of carbonyl (C=O) groups excluding carboxylic acids is 2. The van der Waals surface area contributed by atoms with Crippen molar-refractivity contribution in [2.75, 3.05) is 32.1 Å². The Hall–Kier alpha value is -4.05. The van der Waals surface area contributed by atoms with Crippen molar-refractivity contribution in [3.63, 3.8) is 0 Å². The van der Waals surface area contributed by atoms with Crippen LogP contribution < -0.4 is 19.1 Å². The highest BCUT2D eigenvalue weighted by atomic mass is 32.2. The maximum Gasteiger partial charge on any atom is 0.264 e. The van der Waals surface area contributed by atoms with Gasteiger partial charge in [0.05, 0.1) is 24.8 Å². The van der Waals surface area contributed by atoms with E-state index in [0.717, 1.165) is 21.0 Å². The smallest absolute Gasteiger partial charge is 0.264 e. The summed E-state index contributed by atoms with van der Waals surface area (Å²) < 4.78 is 39.8. The normalized spacial score (nSPS) is 11.8. The van der Waals surface area contributed by atoms with E-state index in [0.29, 0.717) is 17.9 Å². The molecular formula is C30H37N3O6S. The number of hydrogen-bond acceptors (Lipinski definition) is 6. The number of carbonyl (C=O) groups is 2. The van der Waals surface area contributed by atoms with E-state index in [9.17, 15) is 18.0 Å². The van der Waals surface area contributed by atoms with Crippen molar-refractivity contribution in [3.8, 4) is 11.5 Å². The molecule has 0 saturated heterocycles. The third-order valence-corrected chi connectivity index (χ3v) is 8.40. The fourth-order valence-corrected chi connectivity index (χ4v) is 5.85. The van der Waals surface area contributed by atoms with E-state index in [1.165, 1.54) is 44.4 Å². The lowest BCUT2D eigenvalue weighted by Gasteiger charge is -2.33. The highest BCUT2D eigenvalue weighted by molar-refractivity contribution is 7.92. The van der Waals surface area contributed by atoms with Crippen LogP contribution in [0.15, 0.2) is 71.6 Å². The Morgan fingerprint density at radius 1 is 0.900 bits per heavy atom. The maximum absolute atomic E-state index is 14.0. The van der Waals surface area contributed by atoms with Gasteiger partial charge in [-0.2, -0.15) is 0 Å². The predicted molar refractivity (Wildman–Crippen MR) is 155 cm³/mol. The van der Waals surface area contributed by atoms with Gasteiger partial charge < -0.3 is 19.7 Å². The fourth-order valence-electron chi connectivity index (χ4n) is 4.44. The molecule has 0 aromatic heterocycles. The Bertz CT molecular complexity index is 1440. The molecule has 0 aliphatic carbocycles. The molecule has 3 rings (SSSR count). The number of nitrogens with one attached hydrogen (secondary N) is 1. The van der Waals surface area contributed by atoms with Crippen molar-refractivity contribution in [1.29, 1.82) is 0 Å². The summed E-state index contributed by atoms with van der Waals surface area (Å²) in [6, 6.07) is 17.9.